The lowest BCUT2D eigenvalue weighted by Crippen LogP contribution is -2.37. The summed E-state index contributed by atoms with van der Waals surface area (Å²) in [6.07, 6.45) is 0. The fourth-order valence-electron chi connectivity index (χ4n) is 3.65. The smallest absolute Gasteiger partial charge is 0.191 e. The second-order valence-electron chi connectivity index (χ2n) is 7.72. The molecule has 0 spiro atoms. The maximum atomic E-state index is 5.48. The van der Waals surface area contributed by atoms with Crippen molar-refractivity contribution in [3.05, 3.63) is 76.8 Å². The number of nitrogens with one attached hydrogen (secondary N) is 2. The van der Waals surface area contributed by atoms with Gasteiger partial charge in [-0.25, -0.2) is 9.98 Å². The lowest BCUT2D eigenvalue weighted by atomic mass is 10.1. The molecular formula is C25H32IN5OS. The number of aromatic nitrogens is 1. The maximum Gasteiger partial charge on any atom is 0.191 e. The molecule has 0 unspecified atom stereocenters. The first kappa shape index (κ1) is 25.6. The van der Waals surface area contributed by atoms with Crippen molar-refractivity contribution in [2.75, 3.05) is 32.8 Å². The molecule has 3 aromatic rings. The monoisotopic (exact) mass is 577 g/mol. The summed E-state index contributed by atoms with van der Waals surface area (Å²) in [5, 5.41) is 9.93. The Hall–Kier alpha value is -2.01. The van der Waals surface area contributed by atoms with Gasteiger partial charge in [-0.15, -0.1) is 35.3 Å². The highest BCUT2D eigenvalue weighted by molar-refractivity contribution is 14.0. The van der Waals surface area contributed by atoms with Gasteiger partial charge in [-0.2, -0.15) is 0 Å². The Balaban J connectivity index is 0.00000306. The van der Waals surface area contributed by atoms with Crippen LogP contribution in [0.1, 0.15) is 23.7 Å². The van der Waals surface area contributed by atoms with E-state index in [4.69, 9.17) is 14.7 Å². The number of morpholine rings is 1. The average Bonchev–Trinajstić information content (AvgIpc) is 3.32. The van der Waals surface area contributed by atoms with Gasteiger partial charge in [0.2, 0.25) is 0 Å². The summed E-state index contributed by atoms with van der Waals surface area (Å²) in [5.41, 5.74) is 4.77. The van der Waals surface area contributed by atoms with Crippen molar-refractivity contribution in [3.63, 3.8) is 0 Å². The highest BCUT2D eigenvalue weighted by Crippen LogP contribution is 2.23. The van der Waals surface area contributed by atoms with Crippen LogP contribution in [0.2, 0.25) is 0 Å². The van der Waals surface area contributed by atoms with Gasteiger partial charge in [0.05, 0.1) is 32.0 Å². The third-order valence-electron chi connectivity index (χ3n) is 5.38. The van der Waals surface area contributed by atoms with Gasteiger partial charge in [0, 0.05) is 37.1 Å². The quantitative estimate of drug-likeness (QED) is 0.234. The molecule has 2 heterocycles. The predicted molar refractivity (Wildman–Crippen MR) is 147 cm³/mol. The van der Waals surface area contributed by atoms with E-state index < -0.39 is 0 Å². The molecule has 2 N–H and O–H groups in total. The van der Waals surface area contributed by atoms with Crippen molar-refractivity contribution in [1.82, 2.24) is 20.5 Å². The molecule has 1 aliphatic heterocycles. The molecule has 0 aliphatic carbocycles. The third kappa shape index (κ3) is 7.77. The zero-order valence-electron chi connectivity index (χ0n) is 19.0. The number of hydrogen-bond donors (Lipinski definition) is 2. The molecule has 1 aromatic heterocycles. The van der Waals surface area contributed by atoms with E-state index in [0.717, 1.165) is 61.6 Å². The summed E-state index contributed by atoms with van der Waals surface area (Å²) in [4.78, 5) is 12.1. The van der Waals surface area contributed by atoms with Gasteiger partial charge in [-0.3, -0.25) is 4.90 Å². The largest absolute Gasteiger partial charge is 0.379 e. The number of benzene rings is 2. The Morgan fingerprint density at radius 3 is 2.52 bits per heavy atom. The number of halogens is 1. The van der Waals surface area contributed by atoms with Crippen LogP contribution >= 0.6 is 35.3 Å². The fourth-order valence-corrected chi connectivity index (χ4v) is 4.47. The normalized spacial score (nSPS) is 14.5. The summed E-state index contributed by atoms with van der Waals surface area (Å²) in [5.74, 6) is 0.808. The van der Waals surface area contributed by atoms with Crippen LogP contribution in [0.15, 0.2) is 65.0 Å². The van der Waals surface area contributed by atoms with Crippen molar-refractivity contribution < 1.29 is 4.74 Å². The molecule has 1 aliphatic rings. The van der Waals surface area contributed by atoms with Crippen molar-refractivity contribution in [3.8, 4) is 10.6 Å². The SMILES string of the molecule is CCNC(=NCc1ccccc1CN1CCOCC1)NCc1csc(-c2ccccc2)n1.I. The van der Waals surface area contributed by atoms with E-state index in [2.05, 4.69) is 64.2 Å². The predicted octanol–water partition coefficient (Wildman–Crippen LogP) is 4.52. The first-order valence-corrected chi connectivity index (χ1v) is 12.1. The van der Waals surface area contributed by atoms with Crippen molar-refractivity contribution in [1.29, 1.82) is 0 Å². The first-order chi connectivity index (χ1) is 15.8. The summed E-state index contributed by atoms with van der Waals surface area (Å²) >= 11 is 1.67. The van der Waals surface area contributed by atoms with Gasteiger partial charge < -0.3 is 15.4 Å². The molecule has 0 amide bonds. The van der Waals surface area contributed by atoms with E-state index in [1.807, 2.05) is 18.2 Å². The number of rotatable bonds is 8. The Morgan fingerprint density at radius 2 is 1.76 bits per heavy atom. The minimum Gasteiger partial charge on any atom is -0.379 e. The van der Waals surface area contributed by atoms with E-state index in [-0.39, 0.29) is 24.0 Å². The van der Waals surface area contributed by atoms with E-state index in [1.165, 1.54) is 11.1 Å². The van der Waals surface area contributed by atoms with Gasteiger partial charge in [-0.1, -0.05) is 54.6 Å². The molecule has 0 atom stereocenters. The zero-order chi connectivity index (χ0) is 22.0. The van der Waals surface area contributed by atoms with Crippen molar-refractivity contribution in [2.45, 2.75) is 26.6 Å². The van der Waals surface area contributed by atoms with E-state index >= 15 is 0 Å². The highest BCUT2D eigenvalue weighted by Gasteiger charge is 2.12. The van der Waals surface area contributed by atoms with Gasteiger partial charge >= 0.3 is 0 Å². The minimum absolute atomic E-state index is 0. The van der Waals surface area contributed by atoms with Crippen molar-refractivity contribution in [2.24, 2.45) is 4.99 Å². The standard InChI is InChI=1S/C25H31N5OS.HI/c1-2-26-25(28-17-23-19-32-24(29-23)20-8-4-3-5-9-20)27-16-21-10-6-7-11-22(21)18-30-12-14-31-15-13-30;/h3-11,19H,2,12-18H2,1H3,(H2,26,27,28);1H. The molecule has 2 aromatic carbocycles. The number of hydrogen-bond acceptors (Lipinski definition) is 5. The van der Waals surface area contributed by atoms with E-state index in [1.54, 1.807) is 11.3 Å². The van der Waals surface area contributed by atoms with Gasteiger partial charge in [0.15, 0.2) is 5.96 Å². The fraction of sp³-hybridized carbons (Fsp3) is 0.360. The Bertz CT molecular complexity index is 1000. The molecule has 1 fully saturated rings. The second-order valence-corrected chi connectivity index (χ2v) is 8.57. The van der Waals surface area contributed by atoms with Crippen LogP contribution < -0.4 is 10.6 Å². The summed E-state index contributed by atoms with van der Waals surface area (Å²) in [7, 11) is 0. The first-order valence-electron chi connectivity index (χ1n) is 11.2. The van der Waals surface area contributed by atoms with E-state index in [9.17, 15) is 0 Å². The number of guanidine groups is 1. The topological polar surface area (TPSA) is 61.8 Å². The lowest BCUT2D eigenvalue weighted by molar-refractivity contribution is 0.0341. The van der Waals surface area contributed by atoms with Crippen molar-refractivity contribution >= 4 is 41.3 Å². The molecule has 4 rings (SSSR count). The maximum absolute atomic E-state index is 5.48. The molecule has 0 saturated carbocycles. The van der Waals surface area contributed by atoms with Gasteiger partial charge in [0.1, 0.15) is 5.01 Å². The number of thiazole rings is 1. The van der Waals surface area contributed by atoms with Crippen LogP contribution in [0.5, 0.6) is 0 Å². The molecular weight excluding hydrogens is 545 g/mol. The molecule has 176 valence electrons. The summed E-state index contributed by atoms with van der Waals surface area (Å²) in [6, 6.07) is 18.9. The summed E-state index contributed by atoms with van der Waals surface area (Å²) in [6.45, 7) is 8.73. The number of aliphatic imine (C=N–C) groups is 1. The van der Waals surface area contributed by atoms with Crippen LogP contribution in [0, 0.1) is 0 Å². The number of ether oxygens (including phenoxy) is 1. The minimum atomic E-state index is 0. The van der Waals surface area contributed by atoms with E-state index in [0.29, 0.717) is 13.1 Å². The Labute approximate surface area is 217 Å². The third-order valence-corrected chi connectivity index (χ3v) is 6.32. The van der Waals surface area contributed by atoms with Crippen LogP contribution in [0.4, 0.5) is 0 Å². The van der Waals surface area contributed by atoms with Crippen LogP contribution in [-0.2, 0) is 24.4 Å². The van der Waals surface area contributed by atoms with Crippen LogP contribution in [0.25, 0.3) is 10.6 Å². The molecule has 0 bridgehead atoms. The molecule has 1 saturated heterocycles. The molecule has 8 heteroatoms. The van der Waals surface area contributed by atoms with Crippen LogP contribution in [-0.4, -0.2) is 48.7 Å². The van der Waals surface area contributed by atoms with Crippen LogP contribution in [0.3, 0.4) is 0 Å². The average molecular weight is 578 g/mol. The Kier molecular flexibility index (Phi) is 10.6. The summed E-state index contributed by atoms with van der Waals surface area (Å²) < 4.78 is 5.48. The zero-order valence-corrected chi connectivity index (χ0v) is 22.1. The Morgan fingerprint density at radius 1 is 1.03 bits per heavy atom. The lowest BCUT2D eigenvalue weighted by Gasteiger charge is -2.27. The molecule has 33 heavy (non-hydrogen) atoms. The number of nitrogens with zero attached hydrogens (tertiary/aromatic N) is 3. The van der Waals surface area contributed by atoms with Gasteiger partial charge in [0.25, 0.3) is 0 Å². The molecule has 6 nitrogen and oxygen atoms in total. The second kappa shape index (κ2) is 13.6. The van der Waals surface area contributed by atoms with Gasteiger partial charge in [-0.05, 0) is 18.1 Å². The molecule has 0 radical (unpaired) electrons. The highest BCUT2D eigenvalue weighted by atomic mass is 127.